The van der Waals surface area contributed by atoms with Crippen LogP contribution in [0.15, 0.2) is 25.3 Å². The maximum Gasteiger partial charge on any atom is 0.334 e. The number of hydrogen-bond donors (Lipinski definition) is 0. The van der Waals surface area contributed by atoms with Gasteiger partial charge in [-0.25, -0.2) is 4.79 Å². The van der Waals surface area contributed by atoms with E-state index >= 15 is 0 Å². The van der Waals surface area contributed by atoms with Gasteiger partial charge >= 0.3 is 12.4 Å². The van der Waals surface area contributed by atoms with E-state index in [2.05, 4.69) is 22.6 Å². The van der Waals surface area contributed by atoms with E-state index in [4.69, 9.17) is 4.74 Å². The van der Waals surface area contributed by atoms with Gasteiger partial charge in [0.2, 0.25) is 0 Å². The van der Waals surface area contributed by atoms with Crippen molar-refractivity contribution in [1.29, 1.82) is 0 Å². The van der Waals surface area contributed by atoms with Crippen LogP contribution in [0.5, 0.6) is 0 Å². The maximum absolute atomic E-state index is 10.6. The molecule has 0 aliphatic carbocycles. The van der Waals surface area contributed by atoms with Crippen molar-refractivity contribution < 1.29 is 19.0 Å². The fraction of sp³-hybridized carbons (Fsp3) is 0.375. The van der Waals surface area contributed by atoms with Gasteiger partial charge in [-0.05, 0) is 0 Å². The molecule has 0 aliphatic rings. The van der Waals surface area contributed by atoms with Crippen molar-refractivity contribution >= 4 is 5.97 Å². The summed E-state index contributed by atoms with van der Waals surface area (Å²) in [6.45, 7) is 5.91. The number of methoxy groups -OCH3 is 1. The van der Waals surface area contributed by atoms with Crippen molar-refractivity contribution in [2.75, 3.05) is 13.7 Å². The van der Waals surface area contributed by atoms with Crippen LogP contribution in [0.1, 0.15) is 0 Å². The maximum atomic E-state index is 10.6. The quantitative estimate of drug-likeness (QED) is 0.258. The zero-order valence-corrected chi connectivity index (χ0v) is 6.99. The summed E-state index contributed by atoms with van der Waals surface area (Å²) in [5.41, 5.74) is 0. The van der Waals surface area contributed by atoms with Crippen LogP contribution >= 0.6 is 0 Å². The second kappa shape index (κ2) is 6.57. The van der Waals surface area contributed by atoms with Crippen molar-refractivity contribution in [3.63, 3.8) is 0 Å². The Balaban J connectivity index is 3.73. The van der Waals surface area contributed by atoms with E-state index in [1.54, 1.807) is 0 Å². The molecule has 4 heteroatoms. The van der Waals surface area contributed by atoms with Crippen molar-refractivity contribution in [2.45, 2.75) is 6.48 Å². The second-order valence-corrected chi connectivity index (χ2v) is 1.79. The summed E-state index contributed by atoms with van der Waals surface area (Å²) in [7, 11) is 1.37. The van der Waals surface area contributed by atoms with Crippen molar-refractivity contribution in [3.8, 4) is 0 Å². The van der Waals surface area contributed by atoms with Gasteiger partial charge in [0, 0.05) is 13.2 Å². The highest BCUT2D eigenvalue weighted by Crippen LogP contribution is 1.96. The number of ether oxygens (including phenoxy) is 3. The number of esters is 1. The molecule has 0 spiro atoms. The van der Waals surface area contributed by atoms with Gasteiger partial charge in [-0.2, -0.15) is 0 Å². The average molecular weight is 172 g/mol. The van der Waals surface area contributed by atoms with E-state index in [1.807, 2.05) is 0 Å². The Kier molecular flexibility index (Phi) is 5.95. The van der Waals surface area contributed by atoms with E-state index in [0.717, 1.165) is 6.08 Å². The molecule has 0 fully saturated rings. The van der Waals surface area contributed by atoms with E-state index in [-0.39, 0.29) is 6.61 Å². The first-order valence-corrected chi connectivity index (χ1v) is 3.33. The molecular formula is C8H12O4. The van der Waals surface area contributed by atoms with Crippen molar-refractivity contribution in [3.05, 3.63) is 25.3 Å². The van der Waals surface area contributed by atoms with Gasteiger partial charge < -0.3 is 14.2 Å². The minimum absolute atomic E-state index is 0.253. The molecule has 0 radical (unpaired) electrons. The van der Waals surface area contributed by atoms with Gasteiger partial charge in [0.1, 0.15) is 0 Å². The minimum Gasteiger partial charge on any atom is -0.407 e. The van der Waals surface area contributed by atoms with Crippen molar-refractivity contribution in [2.24, 2.45) is 0 Å². The molecule has 0 aromatic carbocycles. The van der Waals surface area contributed by atoms with Gasteiger partial charge in [-0.3, -0.25) is 0 Å². The predicted molar refractivity (Wildman–Crippen MR) is 43.2 cm³/mol. The monoisotopic (exact) mass is 172 g/mol. The van der Waals surface area contributed by atoms with Gasteiger partial charge in [-0.1, -0.05) is 12.7 Å². The van der Waals surface area contributed by atoms with Crippen LogP contribution in [-0.2, 0) is 19.0 Å². The lowest BCUT2D eigenvalue weighted by Crippen LogP contribution is -2.22. The number of carbonyl (C=O) groups is 1. The van der Waals surface area contributed by atoms with E-state index < -0.39 is 12.4 Å². The Bertz CT molecular complexity index is 164. The Labute approximate surface area is 71.4 Å². The summed E-state index contributed by atoms with van der Waals surface area (Å²) in [6.07, 6.45) is 2.55. The first kappa shape index (κ1) is 10.9. The van der Waals surface area contributed by atoms with Gasteiger partial charge in [0.15, 0.2) is 0 Å². The van der Waals surface area contributed by atoms with Crippen LogP contribution in [-0.4, -0.2) is 26.2 Å². The summed E-state index contributed by atoms with van der Waals surface area (Å²) in [5.74, 6) is -0.592. The number of hydrogen-bond acceptors (Lipinski definition) is 4. The molecule has 0 aromatic rings. The summed E-state index contributed by atoms with van der Waals surface area (Å²) in [6, 6.07) is 0. The van der Waals surface area contributed by atoms with Crippen LogP contribution in [0.25, 0.3) is 0 Å². The predicted octanol–water partition coefficient (Wildman–Crippen LogP) is 0.848. The van der Waals surface area contributed by atoms with Gasteiger partial charge in [0.25, 0.3) is 0 Å². The first-order chi connectivity index (χ1) is 5.74. The molecule has 0 saturated heterocycles. The molecule has 0 amide bonds. The Morgan fingerprint density at radius 2 is 2.25 bits per heavy atom. The van der Waals surface area contributed by atoms with E-state index in [9.17, 15) is 4.79 Å². The molecule has 4 nitrogen and oxygen atoms in total. The van der Waals surface area contributed by atoms with Crippen LogP contribution in [0, 0.1) is 0 Å². The average Bonchev–Trinajstić information content (AvgIpc) is 2.11. The molecule has 1 unspecified atom stereocenters. The van der Waals surface area contributed by atoms with Crippen LogP contribution < -0.4 is 0 Å². The van der Waals surface area contributed by atoms with Crippen LogP contribution in [0.2, 0.25) is 0 Å². The van der Waals surface area contributed by atoms with E-state index in [0.29, 0.717) is 0 Å². The lowest BCUT2D eigenvalue weighted by Gasteiger charge is -2.13. The topological polar surface area (TPSA) is 44.8 Å². The van der Waals surface area contributed by atoms with Gasteiger partial charge in [-0.15, -0.1) is 6.58 Å². The van der Waals surface area contributed by atoms with Crippen LogP contribution in [0.4, 0.5) is 0 Å². The SMILES string of the molecule is C=CCOC(OC)OC(=O)C=C. The third kappa shape index (κ3) is 4.65. The Hall–Kier alpha value is -1.13. The minimum atomic E-state index is -0.992. The number of rotatable bonds is 6. The highest BCUT2D eigenvalue weighted by atomic mass is 16.8. The summed E-state index contributed by atoms with van der Waals surface area (Å²) < 4.78 is 14.1. The molecule has 0 aliphatic heterocycles. The third-order valence-corrected chi connectivity index (χ3v) is 0.922. The standard InChI is InChI=1S/C8H12O4/c1-4-6-11-8(10-3)12-7(9)5-2/h4-5,8H,1-2,6H2,3H3. The molecular weight excluding hydrogens is 160 g/mol. The molecule has 0 heterocycles. The highest BCUT2D eigenvalue weighted by Gasteiger charge is 2.09. The molecule has 12 heavy (non-hydrogen) atoms. The third-order valence-electron chi connectivity index (χ3n) is 0.922. The lowest BCUT2D eigenvalue weighted by molar-refractivity contribution is -0.258. The van der Waals surface area contributed by atoms with E-state index in [1.165, 1.54) is 13.2 Å². The molecule has 1 atom stereocenters. The summed E-state index contributed by atoms with van der Waals surface area (Å²) in [5, 5.41) is 0. The smallest absolute Gasteiger partial charge is 0.334 e. The first-order valence-electron chi connectivity index (χ1n) is 3.33. The highest BCUT2D eigenvalue weighted by molar-refractivity contribution is 5.81. The molecule has 0 rings (SSSR count). The largest absolute Gasteiger partial charge is 0.407 e. The molecule has 0 N–H and O–H groups in total. The number of carbonyl (C=O) groups excluding carboxylic acids is 1. The normalized spacial score (nSPS) is 11.8. The van der Waals surface area contributed by atoms with Crippen molar-refractivity contribution in [1.82, 2.24) is 0 Å². The fourth-order valence-corrected chi connectivity index (χ4v) is 0.440. The second-order valence-electron chi connectivity index (χ2n) is 1.79. The van der Waals surface area contributed by atoms with Gasteiger partial charge in [0.05, 0.1) is 6.61 Å². The fourth-order valence-electron chi connectivity index (χ4n) is 0.440. The lowest BCUT2D eigenvalue weighted by atomic mass is 10.7. The molecule has 0 aromatic heterocycles. The summed E-state index contributed by atoms with van der Waals surface area (Å²) in [4.78, 5) is 10.6. The zero-order valence-electron chi connectivity index (χ0n) is 6.99. The molecule has 68 valence electrons. The summed E-state index contributed by atoms with van der Waals surface area (Å²) >= 11 is 0. The Morgan fingerprint density at radius 3 is 2.67 bits per heavy atom. The zero-order chi connectivity index (χ0) is 9.40. The Morgan fingerprint density at radius 1 is 1.58 bits per heavy atom. The molecule has 0 saturated carbocycles. The van der Waals surface area contributed by atoms with Crippen LogP contribution in [0.3, 0.4) is 0 Å². The molecule has 0 bridgehead atoms.